The molecule has 0 unspecified atom stereocenters. The second-order valence-electron chi connectivity index (χ2n) is 4.55. The van der Waals surface area contributed by atoms with Crippen molar-refractivity contribution in [2.75, 3.05) is 0 Å². The summed E-state index contributed by atoms with van der Waals surface area (Å²) in [6.07, 6.45) is 0. The van der Waals surface area contributed by atoms with E-state index in [9.17, 15) is 19.3 Å². The average molecular weight is 288 g/mol. The normalized spacial score (nSPS) is 11.7. The lowest BCUT2D eigenvalue weighted by atomic mass is 10.1. The van der Waals surface area contributed by atoms with E-state index in [1.165, 1.54) is 36.4 Å². The van der Waals surface area contributed by atoms with Gasteiger partial charge in [-0.3, -0.25) is 14.9 Å². The molecule has 108 valence electrons. The van der Waals surface area contributed by atoms with Crippen LogP contribution in [0.4, 0.5) is 10.1 Å². The number of carbonyl (C=O) groups excluding carboxylic acids is 1. The first-order valence-electron chi connectivity index (χ1n) is 6.28. The van der Waals surface area contributed by atoms with Crippen LogP contribution in [0.15, 0.2) is 48.5 Å². The van der Waals surface area contributed by atoms with Crippen LogP contribution in [0.3, 0.4) is 0 Å². The monoisotopic (exact) mass is 288 g/mol. The number of halogens is 1. The lowest BCUT2D eigenvalue weighted by Gasteiger charge is -2.14. The molecule has 0 spiro atoms. The minimum absolute atomic E-state index is 0.0712. The number of nitrogens with zero attached hydrogens (tertiary/aromatic N) is 1. The molecule has 1 N–H and O–H groups in total. The molecule has 1 amide bonds. The molecular formula is C15H13FN2O3. The Morgan fingerprint density at radius 2 is 1.71 bits per heavy atom. The molecule has 0 aliphatic rings. The molecule has 0 fully saturated rings. The van der Waals surface area contributed by atoms with E-state index in [1.807, 2.05) is 0 Å². The number of nitro benzene ring substituents is 1. The van der Waals surface area contributed by atoms with Crippen LogP contribution in [0.1, 0.15) is 28.9 Å². The summed E-state index contributed by atoms with van der Waals surface area (Å²) in [6.45, 7) is 1.77. The molecule has 6 heteroatoms. The van der Waals surface area contributed by atoms with E-state index >= 15 is 0 Å². The first-order chi connectivity index (χ1) is 9.97. The summed E-state index contributed by atoms with van der Waals surface area (Å²) in [5.74, 6) is -0.686. The topological polar surface area (TPSA) is 72.2 Å². The second kappa shape index (κ2) is 6.13. The summed E-state index contributed by atoms with van der Waals surface area (Å²) in [5, 5.41) is 13.3. The molecule has 0 radical (unpaired) electrons. The number of amides is 1. The van der Waals surface area contributed by atoms with Crippen LogP contribution in [0, 0.1) is 15.9 Å². The van der Waals surface area contributed by atoms with Crippen molar-refractivity contribution in [3.63, 3.8) is 0 Å². The van der Waals surface area contributed by atoms with Gasteiger partial charge in [0.2, 0.25) is 0 Å². The molecule has 0 heterocycles. The number of hydrogen-bond acceptors (Lipinski definition) is 3. The molecule has 0 aliphatic carbocycles. The van der Waals surface area contributed by atoms with Crippen molar-refractivity contribution < 1.29 is 14.1 Å². The highest BCUT2D eigenvalue weighted by Gasteiger charge is 2.13. The highest BCUT2D eigenvalue weighted by Crippen LogP contribution is 2.15. The Labute approximate surface area is 120 Å². The lowest BCUT2D eigenvalue weighted by Crippen LogP contribution is -2.26. The highest BCUT2D eigenvalue weighted by atomic mass is 19.1. The molecule has 2 rings (SSSR count). The predicted octanol–water partition coefficient (Wildman–Crippen LogP) is 3.22. The van der Waals surface area contributed by atoms with Crippen molar-refractivity contribution in [2.45, 2.75) is 13.0 Å². The fourth-order valence-corrected chi connectivity index (χ4v) is 1.85. The van der Waals surface area contributed by atoms with Crippen LogP contribution in [0.2, 0.25) is 0 Å². The van der Waals surface area contributed by atoms with Crippen LogP contribution < -0.4 is 5.32 Å². The zero-order chi connectivity index (χ0) is 15.4. The third-order valence-corrected chi connectivity index (χ3v) is 3.06. The molecule has 0 bridgehead atoms. The summed E-state index contributed by atoms with van der Waals surface area (Å²) in [5.41, 5.74) is 1.03. The van der Waals surface area contributed by atoms with E-state index in [2.05, 4.69) is 5.32 Å². The summed E-state index contributed by atoms with van der Waals surface area (Å²) >= 11 is 0. The summed E-state index contributed by atoms with van der Waals surface area (Å²) in [6, 6.07) is 10.9. The Kier molecular flexibility index (Phi) is 4.27. The van der Waals surface area contributed by atoms with Crippen LogP contribution in [0.25, 0.3) is 0 Å². The first-order valence-corrected chi connectivity index (χ1v) is 6.28. The maximum atomic E-state index is 12.8. The molecule has 0 saturated heterocycles. The van der Waals surface area contributed by atoms with Gasteiger partial charge in [-0.15, -0.1) is 0 Å². The van der Waals surface area contributed by atoms with Gasteiger partial charge in [-0.25, -0.2) is 4.39 Å². The summed E-state index contributed by atoms with van der Waals surface area (Å²) in [4.78, 5) is 22.0. The van der Waals surface area contributed by atoms with Gasteiger partial charge in [0.25, 0.3) is 11.6 Å². The Morgan fingerprint density at radius 3 is 2.24 bits per heavy atom. The standard InChI is InChI=1S/C15H13FN2O3/c1-10(11-2-6-13(16)7-3-11)17-15(19)12-4-8-14(9-5-12)18(20)21/h2-10H,1H3,(H,17,19)/t10-/m0/s1. The van der Waals surface area contributed by atoms with E-state index in [0.717, 1.165) is 5.56 Å². The minimum Gasteiger partial charge on any atom is -0.346 e. The number of nitrogens with one attached hydrogen (secondary N) is 1. The fourth-order valence-electron chi connectivity index (χ4n) is 1.85. The van der Waals surface area contributed by atoms with Gasteiger partial charge in [-0.05, 0) is 36.8 Å². The molecule has 5 nitrogen and oxygen atoms in total. The first kappa shape index (κ1) is 14.6. The highest BCUT2D eigenvalue weighted by molar-refractivity contribution is 5.94. The molecular weight excluding hydrogens is 275 g/mol. The van der Waals surface area contributed by atoms with E-state index in [0.29, 0.717) is 5.56 Å². The number of rotatable bonds is 4. The van der Waals surface area contributed by atoms with E-state index in [4.69, 9.17) is 0 Å². The maximum Gasteiger partial charge on any atom is 0.269 e. The van der Waals surface area contributed by atoms with Crippen LogP contribution in [0.5, 0.6) is 0 Å². The van der Waals surface area contributed by atoms with Crippen molar-refractivity contribution in [1.82, 2.24) is 5.32 Å². The SMILES string of the molecule is C[C@H](NC(=O)c1ccc([N+](=O)[O-])cc1)c1ccc(F)cc1. The zero-order valence-electron chi connectivity index (χ0n) is 11.2. The molecule has 0 aliphatic heterocycles. The zero-order valence-corrected chi connectivity index (χ0v) is 11.2. The minimum atomic E-state index is -0.525. The van der Waals surface area contributed by atoms with Crippen molar-refractivity contribution in [2.24, 2.45) is 0 Å². The van der Waals surface area contributed by atoms with Crippen molar-refractivity contribution >= 4 is 11.6 Å². The van der Waals surface area contributed by atoms with Crippen molar-refractivity contribution in [1.29, 1.82) is 0 Å². The maximum absolute atomic E-state index is 12.8. The average Bonchev–Trinajstić information content (AvgIpc) is 2.47. The fraction of sp³-hybridized carbons (Fsp3) is 0.133. The van der Waals surface area contributed by atoms with Gasteiger partial charge in [0.05, 0.1) is 11.0 Å². The van der Waals surface area contributed by atoms with Crippen molar-refractivity contribution in [3.8, 4) is 0 Å². The Hall–Kier alpha value is -2.76. The quantitative estimate of drug-likeness (QED) is 0.693. The number of carbonyl (C=O) groups is 1. The summed E-state index contributed by atoms with van der Waals surface area (Å²) < 4.78 is 12.8. The van der Waals surface area contributed by atoms with Gasteiger partial charge in [0.1, 0.15) is 5.82 Å². The number of nitro groups is 1. The molecule has 21 heavy (non-hydrogen) atoms. The molecule has 1 atom stereocenters. The molecule has 2 aromatic rings. The van der Waals surface area contributed by atoms with Gasteiger partial charge >= 0.3 is 0 Å². The summed E-state index contributed by atoms with van der Waals surface area (Å²) in [7, 11) is 0. The number of hydrogen-bond donors (Lipinski definition) is 1. The van der Waals surface area contributed by atoms with Gasteiger partial charge in [0, 0.05) is 17.7 Å². The molecule has 0 aromatic heterocycles. The van der Waals surface area contributed by atoms with E-state index in [-0.39, 0.29) is 23.5 Å². The second-order valence-corrected chi connectivity index (χ2v) is 4.55. The Balaban J connectivity index is 2.06. The lowest BCUT2D eigenvalue weighted by molar-refractivity contribution is -0.384. The van der Waals surface area contributed by atoms with Gasteiger partial charge in [-0.1, -0.05) is 12.1 Å². The van der Waals surface area contributed by atoms with E-state index < -0.39 is 4.92 Å². The van der Waals surface area contributed by atoms with Crippen molar-refractivity contribution in [3.05, 3.63) is 75.6 Å². The van der Waals surface area contributed by atoms with Gasteiger partial charge in [-0.2, -0.15) is 0 Å². The van der Waals surface area contributed by atoms with Gasteiger partial charge in [0.15, 0.2) is 0 Å². The number of non-ortho nitro benzene ring substituents is 1. The largest absolute Gasteiger partial charge is 0.346 e. The van der Waals surface area contributed by atoms with Crippen LogP contribution >= 0.6 is 0 Å². The van der Waals surface area contributed by atoms with Crippen LogP contribution in [-0.4, -0.2) is 10.8 Å². The number of benzene rings is 2. The smallest absolute Gasteiger partial charge is 0.269 e. The Bertz CT molecular complexity index is 654. The third kappa shape index (κ3) is 3.62. The van der Waals surface area contributed by atoms with E-state index in [1.54, 1.807) is 19.1 Å². The molecule has 0 saturated carbocycles. The van der Waals surface area contributed by atoms with Gasteiger partial charge < -0.3 is 5.32 Å². The van der Waals surface area contributed by atoms with Crippen LogP contribution in [-0.2, 0) is 0 Å². The predicted molar refractivity (Wildman–Crippen MR) is 75.4 cm³/mol. The molecule has 2 aromatic carbocycles. The third-order valence-electron chi connectivity index (χ3n) is 3.06. The Morgan fingerprint density at radius 1 is 1.14 bits per heavy atom.